The van der Waals surface area contributed by atoms with Crippen LogP contribution in [0.4, 0.5) is 92.2 Å². The molecule has 0 nitrogen and oxygen atoms in total. The zero-order chi connectivity index (χ0) is 27.0. The Bertz CT molecular complexity index is 632. The Morgan fingerprint density at radius 1 is 0.250 bits per heavy atom. The highest BCUT2D eigenvalue weighted by Crippen LogP contribution is 2.66. The van der Waals surface area contributed by atoms with Crippen molar-refractivity contribution in [3.63, 3.8) is 0 Å². The minimum Gasteiger partial charge on any atom is -0.192 e. The van der Waals surface area contributed by atoms with E-state index in [4.69, 9.17) is 0 Å². The molecule has 0 amide bonds. The molecule has 0 heterocycles. The largest absolute Gasteiger partial charge is 0.460 e. The van der Waals surface area contributed by atoms with E-state index in [1.807, 2.05) is 0 Å². The molecule has 0 aliphatic rings. The summed E-state index contributed by atoms with van der Waals surface area (Å²) in [6, 6.07) is 0. The lowest BCUT2D eigenvalue weighted by molar-refractivity contribution is -0.471. The van der Waals surface area contributed by atoms with Gasteiger partial charge >= 0.3 is 58.8 Å². The Kier molecular flexibility index (Phi) is 6.94. The molecular formula is C10HF21S. The Morgan fingerprint density at radius 2 is 0.406 bits per heavy atom. The second kappa shape index (κ2) is 7.19. The number of halogens is 21. The SMILES string of the molecule is FC(F)(F)C(F)(F)C(F)(F)C(F)(F)C(F)(F)C(F)(F)C(F)(F)C(F)(F)C(F)(F)C(F)(F)S. The molecule has 0 saturated carbocycles. The predicted octanol–water partition coefficient (Wildman–Crippen LogP) is 7.15. The first kappa shape index (κ1) is 30.9. The molecule has 0 aromatic carbocycles. The van der Waals surface area contributed by atoms with Crippen molar-refractivity contribution in [1.29, 1.82) is 0 Å². The van der Waals surface area contributed by atoms with Gasteiger partial charge in [0.2, 0.25) is 0 Å². The fourth-order valence-electron chi connectivity index (χ4n) is 1.55. The van der Waals surface area contributed by atoms with Gasteiger partial charge < -0.3 is 0 Å². The molecule has 0 spiro atoms. The average molecular weight is 552 g/mol. The second-order valence-electron chi connectivity index (χ2n) is 5.63. The molecule has 0 aliphatic carbocycles. The first-order valence-corrected chi connectivity index (χ1v) is 6.89. The van der Waals surface area contributed by atoms with Crippen molar-refractivity contribution in [3.8, 4) is 0 Å². The van der Waals surface area contributed by atoms with Gasteiger partial charge in [-0.05, 0) is 0 Å². The maximum atomic E-state index is 13.2. The number of hydrogen-bond acceptors (Lipinski definition) is 1. The Hall–Kier alpha value is -1.12. The summed E-state index contributed by atoms with van der Waals surface area (Å²) in [6.07, 6.45) is -7.99. The zero-order valence-corrected chi connectivity index (χ0v) is 14.3. The lowest BCUT2D eigenvalue weighted by Crippen LogP contribution is -2.76. The van der Waals surface area contributed by atoms with Crippen molar-refractivity contribution in [1.82, 2.24) is 0 Å². The van der Waals surface area contributed by atoms with Gasteiger partial charge in [-0.15, -0.1) is 0 Å². The fraction of sp³-hybridized carbons (Fsp3) is 1.00. The minimum atomic E-state index is -9.15. The van der Waals surface area contributed by atoms with E-state index < -0.39 is 58.8 Å². The summed E-state index contributed by atoms with van der Waals surface area (Å²) in [5.74, 6) is -70.1. The van der Waals surface area contributed by atoms with Gasteiger partial charge in [0.15, 0.2) is 0 Å². The molecule has 0 aromatic heterocycles. The van der Waals surface area contributed by atoms with Crippen LogP contribution in [0.15, 0.2) is 0 Å². The molecule has 0 saturated heterocycles. The Balaban J connectivity index is 7.00. The van der Waals surface area contributed by atoms with Crippen LogP contribution in [0.5, 0.6) is 0 Å². The van der Waals surface area contributed by atoms with Crippen molar-refractivity contribution in [3.05, 3.63) is 0 Å². The van der Waals surface area contributed by atoms with Crippen LogP contribution in [0.2, 0.25) is 0 Å². The molecule has 0 aliphatic heterocycles. The first-order chi connectivity index (χ1) is 13.2. The van der Waals surface area contributed by atoms with Gasteiger partial charge in [0, 0.05) is 0 Å². The van der Waals surface area contributed by atoms with E-state index in [0.29, 0.717) is 0 Å². The molecule has 0 radical (unpaired) electrons. The molecule has 0 bridgehead atoms. The maximum Gasteiger partial charge on any atom is 0.460 e. The summed E-state index contributed by atoms with van der Waals surface area (Å²) < 4.78 is 267. The molecular weight excluding hydrogens is 551 g/mol. The summed E-state index contributed by atoms with van der Waals surface area (Å²) in [5.41, 5.74) is 0. The molecule has 32 heavy (non-hydrogen) atoms. The number of hydrogen-bond donors (Lipinski definition) is 1. The lowest BCUT2D eigenvalue weighted by atomic mass is 9.87. The maximum absolute atomic E-state index is 13.2. The Labute approximate surface area is 165 Å². The average Bonchev–Trinajstić information content (AvgIpc) is 2.51. The molecule has 194 valence electrons. The minimum absolute atomic E-state index is 1.28. The van der Waals surface area contributed by atoms with Crippen molar-refractivity contribution in [2.75, 3.05) is 0 Å². The van der Waals surface area contributed by atoms with Crippen LogP contribution in [-0.2, 0) is 0 Å². The van der Waals surface area contributed by atoms with E-state index in [2.05, 4.69) is 0 Å². The summed E-state index contributed by atoms with van der Waals surface area (Å²) >= 11 is 1.28. The highest BCUT2D eigenvalue weighted by molar-refractivity contribution is 7.81. The van der Waals surface area contributed by atoms with Crippen LogP contribution < -0.4 is 0 Å². The van der Waals surface area contributed by atoms with Gasteiger partial charge in [-0.3, -0.25) is 0 Å². The van der Waals surface area contributed by atoms with Crippen LogP contribution in [-0.4, -0.2) is 58.8 Å². The quantitative estimate of drug-likeness (QED) is 0.240. The second-order valence-corrected chi connectivity index (χ2v) is 6.20. The van der Waals surface area contributed by atoms with E-state index in [9.17, 15) is 92.2 Å². The van der Waals surface area contributed by atoms with E-state index in [-0.39, 0.29) is 0 Å². The zero-order valence-electron chi connectivity index (χ0n) is 13.4. The first-order valence-electron chi connectivity index (χ1n) is 6.44. The molecule has 0 atom stereocenters. The smallest absolute Gasteiger partial charge is 0.192 e. The summed E-state index contributed by atoms with van der Waals surface area (Å²) in [7, 11) is 0. The van der Waals surface area contributed by atoms with Crippen molar-refractivity contribution in [2.45, 2.75) is 58.8 Å². The summed E-state index contributed by atoms with van der Waals surface area (Å²) in [6.45, 7) is 0. The monoisotopic (exact) mass is 552 g/mol. The number of rotatable bonds is 8. The van der Waals surface area contributed by atoms with Gasteiger partial charge in [0.1, 0.15) is 0 Å². The van der Waals surface area contributed by atoms with Crippen molar-refractivity contribution in [2.24, 2.45) is 0 Å². The number of thiol groups is 1. The molecule has 0 unspecified atom stereocenters. The van der Waals surface area contributed by atoms with Crippen LogP contribution in [0.25, 0.3) is 0 Å². The molecule has 0 rings (SSSR count). The molecule has 0 fully saturated rings. The molecule has 0 aromatic rings. The van der Waals surface area contributed by atoms with Gasteiger partial charge in [0.05, 0.1) is 0 Å². The van der Waals surface area contributed by atoms with Crippen LogP contribution in [0.1, 0.15) is 0 Å². The van der Waals surface area contributed by atoms with Gasteiger partial charge in [-0.1, -0.05) is 12.6 Å². The van der Waals surface area contributed by atoms with E-state index in [1.165, 1.54) is 12.6 Å². The molecule has 22 heteroatoms. The Morgan fingerprint density at radius 3 is 0.562 bits per heavy atom. The topological polar surface area (TPSA) is 0 Å². The fourth-order valence-corrected chi connectivity index (χ4v) is 1.69. The van der Waals surface area contributed by atoms with Crippen molar-refractivity contribution >= 4 is 12.6 Å². The van der Waals surface area contributed by atoms with Crippen LogP contribution in [0, 0.1) is 0 Å². The summed E-state index contributed by atoms with van der Waals surface area (Å²) in [4.78, 5) is 0. The third-order valence-electron chi connectivity index (χ3n) is 3.49. The highest BCUT2D eigenvalue weighted by atomic mass is 32.1. The van der Waals surface area contributed by atoms with Gasteiger partial charge in [-0.2, -0.15) is 92.2 Å². The van der Waals surface area contributed by atoms with Crippen LogP contribution in [0.3, 0.4) is 0 Å². The predicted molar refractivity (Wildman–Crippen MR) is 59.6 cm³/mol. The third-order valence-corrected chi connectivity index (χ3v) is 3.77. The lowest BCUT2D eigenvalue weighted by Gasteiger charge is -2.44. The van der Waals surface area contributed by atoms with Gasteiger partial charge in [0.25, 0.3) is 0 Å². The summed E-state index contributed by atoms with van der Waals surface area (Å²) in [5, 5.41) is -6.83. The van der Waals surface area contributed by atoms with E-state index in [0.717, 1.165) is 0 Å². The van der Waals surface area contributed by atoms with Gasteiger partial charge in [-0.25, -0.2) is 0 Å². The standard InChI is InChI=1S/C10HF21S/c11-1(12,3(15,16)5(19,20)7(23,24)9(27,28)29)2(13,14)4(17,18)6(21,22)8(25,26)10(30,31)32/h32H. The highest BCUT2D eigenvalue weighted by Gasteiger charge is 2.97. The van der Waals surface area contributed by atoms with Crippen molar-refractivity contribution < 1.29 is 92.2 Å². The number of alkyl halides is 21. The third kappa shape index (κ3) is 3.52. The van der Waals surface area contributed by atoms with Crippen LogP contribution >= 0.6 is 12.6 Å². The van der Waals surface area contributed by atoms with E-state index in [1.54, 1.807) is 0 Å². The molecule has 0 N–H and O–H groups in total. The normalized spacial score (nSPS) is 17.1. The van der Waals surface area contributed by atoms with E-state index >= 15 is 0 Å².